The van der Waals surface area contributed by atoms with Crippen molar-refractivity contribution in [2.45, 2.75) is 19.9 Å². The summed E-state index contributed by atoms with van der Waals surface area (Å²) < 4.78 is 1.31. The van der Waals surface area contributed by atoms with Gasteiger partial charge < -0.3 is 15.2 Å². The summed E-state index contributed by atoms with van der Waals surface area (Å²) in [5.41, 5.74) is 1.74. The fourth-order valence-corrected chi connectivity index (χ4v) is 2.81. The van der Waals surface area contributed by atoms with Crippen molar-refractivity contribution in [1.82, 2.24) is 14.8 Å². The van der Waals surface area contributed by atoms with E-state index in [4.69, 9.17) is 5.26 Å². The third kappa shape index (κ3) is 5.02. The van der Waals surface area contributed by atoms with E-state index in [1.165, 1.54) is 22.8 Å². The lowest BCUT2D eigenvalue weighted by atomic mass is 10.1. The van der Waals surface area contributed by atoms with Crippen molar-refractivity contribution >= 4 is 23.3 Å². The number of aromatic amines is 1. The quantitative estimate of drug-likeness (QED) is 0.556. The number of anilines is 2. The predicted molar refractivity (Wildman–Crippen MR) is 111 cm³/mol. The number of nitriles is 2. The van der Waals surface area contributed by atoms with E-state index in [1.807, 2.05) is 19.1 Å². The Morgan fingerprint density at radius 3 is 2.55 bits per heavy atom. The van der Waals surface area contributed by atoms with Crippen molar-refractivity contribution in [3.8, 4) is 12.1 Å². The fourth-order valence-electron chi connectivity index (χ4n) is 2.81. The molecule has 0 spiro atoms. The number of aryl methyl sites for hydroxylation is 1. The van der Waals surface area contributed by atoms with Crippen LogP contribution in [0, 0.1) is 29.6 Å². The molecule has 10 heteroatoms. The van der Waals surface area contributed by atoms with Crippen molar-refractivity contribution in [3.63, 3.8) is 0 Å². The van der Waals surface area contributed by atoms with Crippen LogP contribution in [0.4, 0.5) is 11.5 Å². The van der Waals surface area contributed by atoms with Crippen LogP contribution in [-0.2, 0) is 17.8 Å². The number of pyridine rings is 1. The summed E-state index contributed by atoms with van der Waals surface area (Å²) >= 11 is 0. The van der Waals surface area contributed by atoms with Gasteiger partial charge in [0.15, 0.2) is 5.82 Å². The molecule has 0 aliphatic carbocycles. The largest absolute Gasteiger partial charge is 0.325 e. The Bertz CT molecular complexity index is 1270. The first kappa shape index (κ1) is 21.0. The highest BCUT2D eigenvalue weighted by molar-refractivity contribution is 6.04. The minimum absolute atomic E-state index is 0.0329. The molecule has 0 atom stereocenters. The number of nitrogens with one attached hydrogen (secondary N) is 3. The van der Waals surface area contributed by atoms with E-state index >= 15 is 0 Å². The van der Waals surface area contributed by atoms with Crippen molar-refractivity contribution in [1.29, 1.82) is 10.5 Å². The lowest BCUT2D eigenvalue weighted by Crippen LogP contribution is -2.26. The third-order valence-corrected chi connectivity index (χ3v) is 4.32. The first-order valence-corrected chi connectivity index (χ1v) is 9.14. The SMILES string of the molecule is Cc1ccc(=O)n(CC(=O)Nc2ccc(C(=O)Nc3n[nH]c(CC#N)c3C#N)cc2)c1. The Kier molecular flexibility index (Phi) is 6.24. The summed E-state index contributed by atoms with van der Waals surface area (Å²) in [5, 5.41) is 29.6. The van der Waals surface area contributed by atoms with Gasteiger partial charge in [-0.1, -0.05) is 6.07 Å². The zero-order chi connectivity index (χ0) is 22.4. The van der Waals surface area contributed by atoms with Crippen molar-refractivity contribution < 1.29 is 9.59 Å². The van der Waals surface area contributed by atoms with Crippen LogP contribution in [0.5, 0.6) is 0 Å². The molecular weight excluding hydrogens is 398 g/mol. The van der Waals surface area contributed by atoms with Gasteiger partial charge in [-0.3, -0.25) is 19.5 Å². The molecule has 2 aromatic heterocycles. The van der Waals surface area contributed by atoms with Gasteiger partial charge >= 0.3 is 0 Å². The van der Waals surface area contributed by atoms with Crippen LogP contribution < -0.4 is 16.2 Å². The highest BCUT2D eigenvalue weighted by atomic mass is 16.2. The molecule has 1 aromatic carbocycles. The van der Waals surface area contributed by atoms with E-state index < -0.39 is 5.91 Å². The first-order valence-electron chi connectivity index (χ1n) is 9.14. The molecule has 3 rings (SSSR count). The van der Waals surface area contributed by atoms with Gasteiger partial charge in [0.05, 0.1) is 18.2 Å². The van der Waals surface area contributed by atoms with Gasteiger partial charge in [0.25, 0.3) is 11.5 Å². The number of hydrogen-bond donors (Lipinski definition) is 3. The Labute approximate surface area is 176 Å². The number of rotatable bonds is 6. The molecule has 0 radical (unpaired) electrons. The standard InChI is InChI=1S/C21H17N7O3/c1-13-2-7-19(30)28(11-13)12-18(29)24-15-5-3-14(4-6-15)21(31)25-20-16(10-23)17(8-9-22)26-27-20/h2-7,11H,8,12H2,1H3,(H,24,29)(H2,25,26,27,31). The van der Waals surface area contributed by atoms with Gasteiger partial charge in [-0.05, 0) is 36.8 Å². The summed E-state index contributed by atoms with van der Waals surface area (Å²) in [7, 11) is 0. The third-order valence-electron chi connectivity index (χ3n) is 4.32. The fraction of sp³-hybridized carbons (Fsp3) is 0.143. The van der Waals surface area contributed by atoms with Crippen LogP contribution in [0.3, 0.4) is 0 Å². The van der Waals surface area contributed by atoms with Gasteiger partial charge in [0.1, 0.15) is 18.2 Å². The van der Waals surface area contributed by atoms with E-state index in [-0.39, 0.29) is 41.4 Å². The maximum Gasteiger partial charge on any atom is 0.256 e. The zero-order valence-corrected chi connectivity index (χ0v) is 16.5. The maximum absolute atomic E-state index is 12.4. The molecule has 10 nitrogen and oxygen atoms in total. The molecule has 0 aliphatic rings. The minimum Gasteiger partial charge on any atom is -0.325 e. The topological polar surface area (TPSA) is 156 Å². The maximum atomic E-state index is 12.4. The Morgan fingerprint density at radius 1 is 1.13 bits per heavy atom. The summed E-state index contributed by atoms with van der Waals surface area (Å²) in [4.78, 5) is 36.5. The van der Waals surface area contributed by atoms with Gasteiger partial charge in [-0.25, -0.2) is 0 Å². The van der Waals surface area contributed by atoms with Crippen LogP contribution >= 0.6 is 0 Å². The summed E-state index contributed by atoms with van der Waals surface area (Å²) in [6.07, 6.45) is 1.57. The number of amides is 2. The summed E-state index contributed by atoms with van der Waals surface area (Å²) in [5.74, 6) is -0.848. The van der Waals surface area contributed by atoms with Crippen molar-refractivity contribution in [3.05, 3.63) is 75.3 Å². The van der Waals surface area contributed by atoms with E-state index in [9.17, 15) is 19.6 Å². The lowest BCUT2D eigenvalue weighted by Gasteiger charge is -2.09. The van der Waals surface area contributed by atoms with Crippen LogP contribution in [0.25, 0.3) is 0 Å². The second-order valence-corrected chi connectivity index (χ2v) is 6.62. The monoisotopic (exact) mass is 415 g/mol. The van der Waals surface area contributed by atoms with E-state index in [0.717, 1.165) is 5.56 Å². The molecule has 154 valence electrons. The molecule has 0 saturated heterocycles. The molecule has 2 heterocycles. The van der Waals surface area contributed by atoms with Crippen LogP contribution in [0.1, 0.15) is 27.2 Å². The van der Waals surface area contributed by atoms with E-state index in [1.54, 1.807) is 24.4 Å². The Morgan fingerprint density at radius 2 is 1.87 bits per heavy atom. The van der Waals surface area contributed by atoms with Crippen molar-refractivity contribution in [2.24, 2.45) is 0 Å². The number of carbonyl (C=O) groups is 2. The highest BCUT2D eigenvalue weighted by Gasteiger charge is 2.16. The number of benzene rings is 1. The summed E-state index contributed by atoms with van der Waals surface area (Å²) in [6, 6.07) is 13.0. The molecule has 3 aromatic rings. The number of aromatic nitrogens is 3. The Hall–Kier alpha value is -4.70. The number of carbonyl (C=O) groups excluding carboxylic acids is 2. The first-order chi connectivity index (χ1) is 14.9. The lowest BCUT2D eigenvalue weighted by molar-refractivity contribution is -0.116. The summed E-state index contributed by atoms with van der Waals surface area (Å²) in [6.45, 7) is 1.69. The van der Waals surface area contributed by atoms with Gasteiger partial charge in [-0.15, -0.1) is 0 Å². The van der Waals surface area contributed by atoms with Crippen LogP contribution in [0.15, 0.2) is 47.4 Å². The average molecular weight is 415 g/mol. The molecule has 0 saturated carbocycles. The molecule has 0 aliphatic heterocycles. The van der Waals surface area contributed by atoms with E-state index in [0.29, 0.717) is 11.4 Å². The van der Waals surface area contributed by atoms with Crippen LogP contribution in [-0.4, -0.2) is 26.6 Å². The predicted octanol–water partition coefficient (Wildman–Crippen LogP) is 1.71. The van der Waals surface area contributed by atoms with Crippen LogP contribution in [0.2, 0.25) is 0 Å². The average Bonchev–Trinajstić information content (AvgIpc) is 3.12. The molecule has 3 N–H and O–H groups in total. The second-order valence-electron chi connectivity index (χ2n) is 6.62. The molecule has 31 heavy (non-hydrogen) atoms. The number of H-pyrrole nitrogens is 1. The number of hydrogen-bond acceptors (Lipinski definition) is 6. The number of nitrogens with zero attached hydrogens (tertiary/aromatic N) is 4. The van der Waals surface area contributed by atoms with Gasteiger partial charge in [0, 0.05) is 23.5 Å². The molecular formula is C21H17N7O3. The highest BCUT2D eigenvalue weighted by Crippen LogP contribution is 2.17. The van der Waals surface area contributed by atoms with E-state index in [2.05, 4.69) is 20.8 Å². The zero-order valence-electron chi connectivity index (χ0n) is 16.5. The molecule has 0 fully saturated rings. The van der Waals surface area contributed by atoms with Gasteiger partial charge in [0.2, 0.25) is 5.91 Å². The molecule has 0 unspecified atom stereocenters. The van der Waals surface area contributed by atoms with Crippen molar-refractivity contribution in [2.75, 3.05) is 10.6 Å². The molecule has 0 bridgehead atoms. The normalized spacial score (nSPS) is 10.0. The Balaban J connectivity index is 1.65. The minimum atomic E-state index is -0.504. The van der Waals surface area contributed by atoms with Gasteiger partial charge in [-0.2, -0.15) is 15.6 Å². The second kappa shape index (κ2) is 9.20. The molecule has 2 amide bonds. The smallest absolute Gasteiger partial charge is 0.256 e.